The summed E-state index contributed by atoms with van der Waals surface area (Å²) in [5, 5.41) is 13.2. The number of aryl methyl sites for hydroxylation is 1. The lowest BCUT2D eigenvalue weighted by Gasteiger charge is -2.13. The second kappa shape index (κ2) is 8.61. The average Bonchev–Trinajstić information content (AvgIpc) is 3.06. The first-order chi connectivity index (χ1) is 14.2. The summed E-state index contributed by atoms with van der Waals surface area (Å²) in [6.07, 6.45) is 1.00. The molecule has 0 radical (unpaired) electrons. The molecule has 4 rings (SSSR count). The van der Waals surface area contributed by atoms with E-state index in [1.165, 1.54) is 11.8 Å². The van der Waals surface area contributed by atoms with E-state index >= 15 is 0 Å². The van der Waals surface area contributed by atoms with E-state index in [0.29, 0.717) is 5.16 Å². The Hall–Kier alpha value is -2.93. The Labute approximate surface area is 173 Å². The molecule has 0 unspecified atom stereocenters. The SMILES string of the molecule is CCCn1c2ccccc2c2nnc(SCC(=O)N[C@H](C)c3ccccc3)nc21. The van der Waals surface area contributed by atoms with Crippen molar-refractivity contribution in [2.75, 3.05) is 5.75 Å². The van der Waals surface area contributed by atoms with Crippen LogP contribution in [0.5, 0.6) is 0 Å². The summed E-state index contributed by atoms with van der Waals surface area (Å²) in [7, 11) is 0. The Bertz CT molecular complexity index is 1140. The lowest BCUT2D eigenvalue weighted by molar-refractivity contribution is -0.119. The summed E-state index contributed by atoms with van der Waals surface area (Å²) >= 11 is 1.31. The van der Waals surface area contributed by atoms with Crippen molar-refractivity contribution in [2.45, 2.75) is 38.0 Å². The fourth-order valence-corrected chi connectivity index (χ4v) is 4.03. The van der Waals surface area contributed by atoms with Gasteiger partial charge in [-0.15, -0.1) is 10.2 Å². The molecule has 1 amide bonds. The molecule has 0 aliphatic heterocycles. The normalized spacial score (nSPS) is 12.3. The van der Waals surface area contributed by atoms with Gasteiger partial charge < -0.3 is 9.88 Å². The van der Waals surface area contributed by atoms with Gasteiger partial charge in [0.05, 0.1) is 17.3 Å². The van der Waals surface area contributed by atoms with Crippen LogP contribution in [0, 0.1) is 0 Å². The van der Waals surface area contributed by atoms with Crippen LogP contribution >= 0.6 is 11.8 Å². The maximum atomic E-state index is 12.4. The lowest BCUT2D eigenvalue weighted by atomic mass is 10.1. The van der Waals surface area contributed by atoms with Crippen molar-refractivity contribution >= 4 is 39.7 Å². The van der Waals surface area contributed by atoms with Crippen molar-refractivity contribution in [2.24, 2.45) is 0 Å². The van der Waals surface area contributed by atoms with Gasteiger partial charge in [0.25, 0.3) is 0 Å². The predicted molar refractivity (Wildman–Crippen MR) is 117 cm³/mol. The van der Waals surface area contributed by atoms with Crippen molar-refractivity contribution in [3.8, 4) is 0 Å². The van der Waals surface area contributed by atoms with E-state index in [0.717, 1.165) is 40.6 Å². The minimum Gasteiger partial charge on any atom is -0.349 e. The Morgan fingerprint density at radius 3 is 2.66 bits per heavy atom. The second-order valence-corrected chi connectivity index (χ2v) is 7.87. The van der Waals surface area contributed by atoms with Crippen LogP contribution in [0.4, 0.5) is 0 Å². The molecule has 0 aliphatic carbocycles. The third-order valence-corrected chi connectivity index (χ3v) is 5.65. The molecule has 0 spiro atoms. The maximum Gasteiger partial charge on any atom is 0.230 e. The number of para-hydroxylation sites is 1. The molecule has 1 atom stereocenters. The molecule has 0 fully saturated rings. The Kier molecular flexibility index (Phi) is 5.76. The number of thioether (sulfide) groups is 1. The van der Waals surface area contributed by atoms with Crippen molar-refractivity contribution in [1.29, 1.82) is 0 Å². The van der Waals surface area contributed by atoms with Crippen molar-refractivity contribution < 1.29 is 4.79 Å². The maximum absolute atomic E-state index is 12.4. The third-order valence-electron chi connectivity index (χ3n) is 4.81. The van der Waals surface area contributed by atoms with E-state index in [9.17, 15) is 4.79 Å². The van der Waals surface area contributed by atoms with Crippen LogP contribution in [0.3, 0.4) is 0 Å². The number of carbonyl (C=O) groups excluding carboxylic acids is 1. The largest absolute Gasteiger partial charge is 0.349 e. The number of fused-ring (bicyclic) bond motifs is 3. The van der Waals surface area contributed by atoms with Crippen LogP contribution in [0.25, 0.3) is 22.1 Å². The molecule has 0 saturated heterocycles. The fourth-order valence-electron chi connectivity index (χ4n) is 3.44. The first kappa shape index (κ1) is 19.4. The average molecular weight is 406 g/mol. The number of carbonyl (C=O) groups is 1. The first-order valence-corrected chi connectivity index (χ1v) is 10.7. The number of rotatable bonds is 7. The zero-order valence-electron chi connectivity index (χ0n) is 16.5. The highest BCUT2D eigenvalue weighted by Crippen LogP contribution is 2.27. The standard InChI is InChI=1S/C22H23N5OS/c1-3-13-27-18-12-8-7-11-17(18)20-21(27)24-22(26-25-20)29-14-19(28)23-15(2)16-9-5-4-6-10-16/h4-12,15H,3,13-14H2,1-2H3,(H,23,28)/t15-/m1/s1. The van der Waals surface area contributed by atoms with Gasteiger partial charge in [-0.3, -0.25) is 4.79 Å². The van der Waals surface area contributed by atoms with Gasteiger partial charge >= 0.3 is 0 Å². The van der Waals surface area contributed by atoms with Crippen molar-refractivity contribution in [3.05, 3.63) is 60.2 Å². The minimum absolute atomic E-state index is 0.0436. The number of benzene rings is 2. The summed E-state index contributed by atoms with van der Waals surface area (Å²) in [5.41, 5.74) is 3.82. The molecule has 0 saturated carbocycles. The van der Waals surface area contributed by atoms with Gasteiger partial charge in [0.1, 0.15) is 5.52 Å². The monoisotopic (exact) mass is 405 g/mol. The quantitative estimate of drug-likeness (QED) is 0.463. The zero-order chi connectivity index (χ0) is 20.2. The van der Waals surface area contributed by atoms with Crippen molar-refractivity contribution in [1.82, 2.24) is 25.1 Å². The van der Waals surface area contributed by atoms with Gasteiger partial charge in [0, 0.05) is 11.9 Å². The summed E-state index contributed by atoms with van der Waals surface area (Å²) in [5.74, 6) is 0.197. The van der Waals surface area contributed by atoms with Gasteiger partial charge in [0.2, 0.25) is 11.1 Å². The molecule has 2 aromatic carbocycles. The summed E-state index contributed by atoms with van der Waals surface area (Å²) in [6, 6.07) is 18.0. The molecule has 2 heterocycles. The molecular formula is C22H23N5OS. The van der Waals surface area contributed by atoms with Crippen molar-refractivity contribution in [3.63, 3.8) is 0 Å². The Balaban J connectivity index is 1.50. The molecular weight excluding hydrogens is 382 g/mol. The van der Waals surface area contributed by atoms with Gasteiger partial charge in [-0.2, -0.15) is 0 Å². The number of nitrogens with one attached hydrogen (secondary N) is 1. The molecule has 0 bridgehead atoms. The summed E-state index contributed by atoms with van der Waals surface area (Å²) < 4.78 is 2.18. The fraction of sp³-hybridized carbons (Fsp3) is 0.273. The Morgan fingerprint density at radius 2 is 1.86 bits per heavy atom. The number of hydrogen-bond donors (Lipinski definition) is 1. The first-order valence-electron chi connectivity index (χ1n) is 9.76. The highest BCUT2D eigenvalue weighted by atomic mass is 32.2. The Morgan fingerprint density at radius 1 is 1.10 bits per heavy atom. The lowest BCUT2D eigenvalue weighted by Crippen LogP contribution is -2.28. The van der Waals surface area contributed by atoms with E-state index in [-0.39, 0.29) is 17.7 Å². The third kappa shape index (κ3) is 4.10. The molecule has 2 aromatic heterocycles. The van der Waals surface area contributed by atoms with E-state index in [4.69, 9.17) is 4.98 Å². The number of aromatic nitrogens is 4. The van der Waals surface area contributed by atoms with Crippen LogP contribution in [0.15, 0.2) is 59.8 Å². The minimum atomic E-state index is -0.0517. The topological polar surface area (TPSA) is 72.7 Å². The smallest absolute Gasteiger partial charge is 0.230 e. The van der Waals surface area contributed by atoms with Gasteiger partial charge in [-0.05, 0) is 25.0 Å². The second-order valence-electron chi connectivity index (χ2n) is 6.92. The highest BCUT2D eigenvalue weighted by Gasteiger charge is 2.15. The summed E-state index contributed by atoms with van der Waals surface area (Å²) in [6.45, 7) is 4.98. The van der Waals surface area contributed by atoms with E-state index in [1.807, 2.05) is 55.5 Å². The number of amides is 1. The molecule has 6 nitrogen and oxygen atoms in total. The van der Waals surface area contributed by atoms with Crippen LogP contribution < -0.4 is 5.32 Å². The number of nitrogens with zero attached hydrogens (tertiary/aromatic N) is 4. The van der Waals surface area contributed by atoms with Crippen LogP contribution in [0.1, 0.15) is 31.9 Å². The molecule has 29 heavy (non-hydrogen) atoms. The highest BCUT2D eigenvalue weighted by molar-refractivity contribution is 7.99. The molecule has 4 aromatic rings. The zero-order valence-corrected chi connectivity index (χ0v) is 17.3. The van der Waals surface area contributed by atoms with Crippen LogP contribution in [0.2, 0.25) is 0 Å². The van der Waals surface area contributed by atoms with E-state index in [1.54, 1.807) is 0 Å². The molecule has 148 valence electrons. The van der Waals surface area contributed by atoms with E-state index < -0.39 is 0 Å². The molecule has 0 aliphatic rings. The van der Waals surface area contributed by atoms with Crippen LogP contribution in [-0.4, -0.2) is 31.4 Å². The summed E-state index contributed by atoms with van der Waals surface area (Å²) in [4.78, 5) is 17.1. The molecule has 1 N–H and O–H groups in total. The predicted octanol–water partition coefficient (Wildman–Crippen LogP) is 4.36. The van der Waals surface area contributed by atoms with Gasteiger partial charge in [-0.1, -0.05) is 67.2 Å². The van der Waals surface area contributed by atoms with E-state index in [2.05, 4.69) is 33.1 Å². The van der Waals surface area contributed by atoms with Crippen LogP contribution in [-0.2, 0) is 11.3 Å². The van der Waals surface area contributed by atoms with Gasteiger partial charge in [0.15, 0.2) is 5.65 Å². The van der Waals surface area contributed by atoms with Gasteiger partial charge in [-0.25, -0.2) is 4.98 Å². The molecule has 7 heteroatoms. The number of hydrogen-bond acceptors (Lipinski definition) is 5.